The zero-order chi connectivity index (χ0) is 19.3. The number of thiophene rings is 1. The molecule has 146 valence electrons. The summed E-state index contributed by atoms with van der Waals surface area (Å²) >= 11 is 1.47. The second kappa shape index (κ2) is 8.31. The van der Waals surface area contributed by atoms with Gasteiger partial charge in [-0.1, -0.05) is 11.2 Å². The Bertz CT molecular complexity index is 938. The van der Waals surface area contributed by atoms with Crippen molar-refractivity contribution in [1.29, 1.82) is 0 Å². The molecule has 4 heterocycles. The molecule has 3 aromatic rings. The number of piperidine rings is 1. The molecule has 1 saturated heterocycles. The second-order valence-electron chi connectivity index (χ2n) is 6.13. The average molecular weight is 401 g/mol. The van der Waals surface area contributed by atoms with Gasteiger partial charge in [-0.15, -0.1) is 16.4 Å². The summed E-state index contributed by atoms with van der Waals surface area (Å²) in [7, 11) is 1.45. The number of nitrogens with one attached hydrogen (secondary N) is 3. The van der Waals surface area contributed by atoms with Crippen molar-refractivity contribution < 1.29 is 13.9 Å². The number of nitrogens with zero attached hydrogens (tertiary/aromatic N) is 4. The number of hydrogen-bond donors (Lipinski definition) is 3. The minimum Gasteiger partial charge on any atom is -0.480 e. The van der Waals surface area contributed by atoms with Crippen molar-refractivity contribution in [2.45, 2.75) is 18.9 Å². The van der Waals surface area contributed by atoms with Gasteiger partial charge in [-0.25, -0.2) is 4.98 Å². The Kier molecular flexibility index (Phi) is 5.44. The van der Waals surface area contributed by atoms with E-state index in [0.717, 1.165) is 30.8 Å². The van der Waals surface area contributed by atoms with Gasteiger partial charge in [-0.3, -0.25) is 10.1 Å². The third-order valence-corrected chi connectivity index (χ3v) is 5.10. The lowest BCUT2D eigenvalue weighted by Crippen LogP contribution is -2.35. The lowest BCUT2D eigenvalue weighted by Gasteiger charge is -2.23. The lowest BCUT2D eigenvalue weighted by molar-refractivity contribution is 0.102. The highest BCUT2D eigenvalue weighted by Gasteiger charge is 2.20. The first kappa shape index (κ1) is 18.3. The summed E-state index contributed by atoms with van der Waals surface area (Å²) in [5.74, 6) is 0.446. The van der Waals surface area contributed by atoms with Gasteiger partial charge in [-0.2, -0.15) is 4.98 Å². The van der Waals surface area contributed by atoms with Gasteiger partial charge in [0.25, 0.3) is 11.8 Å². The van der Waals surface area contributed by atoms with Crippen LogP contribution in [0.2, 0.25) is 0 Å². The van der Waals surface area contributed by atoms with E-state index >= 15 is 0 Å². The highest BCUT2D eigenvalue weighted by atomic mass is 32.1. The number of anilines is 2. The molecule has 0 bridgehead atoms. The van der Waals surface area contributed by atoms with E-state index in [1.54, 1.807) is 0 Å². The van der Waals surface area contributed by atoms with Gasteiger partial charge in [0.15, 0.2) is 0 Å². The smallest absolute Gasteiger partial charge is 0.322 e. The summed E-state index contributed by atoms with van der Waals surface area (Å²) in [6.07, 6.45) is 3.39. The molecule has 0 aromatic carbocycles. The first-order valence-electron chi connectivity index (χ1n) is 8.80. The number of amides is 1. The largest absolute Gasteiger partial charge is 0.480 e. The highest BCUT2D eigenvalue weighted by molar-refractivity contribution is 7.13. The van der Waals surface area contributed by atoms with Crippen LogP contribution in [0.1, 0.15) is 23.2 Å². The van der Waals surface area contributed by atoms with Crippen molar-refractivity contribution in [2.24, 2.45) is 0 Å². The number of aromatic nitrogens is 4. The second-order valence-corrected chi connectivity index (χ2v) is 7.08. The number of methoxy groups -OCH3 is 1. The van der Waals surface area contributed by atoms with E-state index < -0.39 is 5.91 Å². The minimum atomic E-state index is -0.494. The maximum Gasteiger partial charge on any atom is 0.322 e. The van der Waals surface area contributed by atoms with Crippen molar-refractivity contribution >= 4 is 29.2 Å². The predicted molar refractivity (Wildman–Crippen MR) is 104 cm³/mol. The Morgan fingerprint density at radius 2 is 2.21 bits per heavy atom. The number of rotatable bonds is 6. The maximum absolute atomic E-state index is 12.6. The summed E-state index contributed by atoms with van der Waals surface area (Å²) in [4.78, 5) is 21.9. The number of carbonyl (C=O) groups excluding carboxylic acids is 1. The van der Waals surface area contributed by atoms with Crippen LogP contribution in [-0.2, 0) is 0 Å². The zero-order valence-electron chi connectivity index (χ0n) is 15.1. The number of carbonyl (C=O) groups is 1. The number of hydrogen-bond acceptors (Lipinski definition) is 10. The van der Waals surface area contributed by atoms with E-state index in [2.05, 4.69) is 36.1 Å². The first-order chi connectivity index (χ1) is 13.7. The van der Waals surface area contributed by atoms with E-state index in [1.807, 2.05) is 17.5 Å². The molecule has 3 N–H and O–H groups in total. The van der Waals surface area contributed by atoms with Gasteiger partial charge in [0, 0.05) is 12.2 Å². The fourth-order valence-electron chi connectivity index (χ4n) is 2.83. The highest BCUT2D eigenvalue weighted by Crippen LogP contribution is 2.25. The molecule has 0 atom stereocenters. The van der Waals surface area contributed by atoms with Crippen LogP contribution in [0.5, 0.6) is 5.88 Å². The summed E-state index contributed by atoms with van der Waals surface area (Å²) in [6, 6.07) is 4.02. The standard InChI is InChI=1S/C17H19N7O3S/c1-26-14-11(9-19-16(22-14)20-10-4-6-18-7-5-10)13(25)21-17-24-23-15(27-17)12-3-2-8-28-12/h2-3,8-10,18H,4-7H2,1H3,(H,19,20,22)(H,21,24,25). The van der Waals surface area contributed by atoms with Crippen molar-refractivity contribution in [3.63, 3.8) is 0 Å². The van der Waals surface area contributed by atoms with Crippen molar-refractivity contribution in [3.8, 4) is 16.6 Å². The van der Waals surface area contributed by atoms with E-state index in [1.165, 1.54) is 24.6 Å². The molecule has 0 saturated carbocycles. The Balaban J connectivity index is 1.46. The zero-order valence-corrected chi connectivity index (χ0v) is 16.0. The van der Waals surface area contributed by atoms with Crippen LogP contribution in [0, 0.1) is 0 Å². The SMILES string of the molecule is COc1nc(NC2CCNCC2)ncc1C(=O)Nc1nnc(-c2cccs2)o1. The van der Waals surface area contributed by atoms with Crippen LogP contribution in [0.4, 0.5) is 12.0 Å². The quantitative estimate of drug-likeness (QED) is 0.568. The molecule has 3 aromatic heterocycles. The molecule has 28 heavy (non-hydrogen) atoms. The van der Waals surface area contributed by atoms with E-state index in [-0.39, 0.29) is 17.5 Å². The van der Waals surface area contributed by atoms with Crippen molar-refractivity contribution in [1.82, 2.24) is 25.5 Å². The molecular weight excluding hydrogens is 382 g/mol. The van der Waals surface area contributed by atoms with Crippen molar-refractivity contribution in [2.75, 3.05) is 30.8 Å². The van der Waals surface area contributed by atoms with Gasteiger partial charge in [-0.05, 0) is 37.4 Å². The summed E-state index contributed by atoms with van der Waals surface area (Å²) < 4.78 is 10.7. The molecule has 1 fully saturated rings. The Morgan fingerprint density at radius 3 is 2.96 bits per heavy atom. The van der Waals surface area contributed by atoms with Crippen LogP contribution in [0.25, 0.3) is 10.8 Å². The molecular formula is C17H19N7O3S. The topological polar surface area (TPSA) is 127 Å². The molecule has 1 aliphatic heterocycles. The van der Waals surface area contributed by atoms with Gasteiger partial charge in [0.1, 0.15) is 5.56 Å². The maximum atomic E-state index is 12.6. The Labute approximate surface area is 164 Å². The van der Waals surface area contributed by atoms with Crippen molar-refractivity contribution in [3.05, 3.63) is 29.3 Å². The third-order valence-electron chi connectivity index (χ3n) is 4.24. The Hall–Kier alpha value is -3.05. The summed E-state index contributed by atoms with van der Waals surface area (Å²) in [5.41, 5.74) is 0.175. The van der Waals surface area contributed by atoms with Gasteiger partial charge in [0.2, 0.25) is 11.8 Å². The normalized spacial score (nSPS) is 14.6. The van der Waals surface area contributed by atoms with Gasteiger partial charge < -0.3 is 19.8 Å². The monoisotopic (exact) mass is 401 g/mol. The van der Waals surface area contributed by atoms with E-state index in [4.69, 9.17) is 9.15 Å². The molecule has 0 radical (unpaired) electrons. The molecule has 4 rings (SSSR count). The Morgan fingerprint density at radius 1 is 1.36 bits per heavy atom. The minimum absolute atomic E-state index is 0.00707. The van der Waals surface area contributed by atoms with Crippen LogP contribution < -0.4 is 20.7 Å². The fourth-order valence-corrected chi connectivity index (χ4v) is 3.48. The first-order valence-corrected chi connectivity index (χ1v) is 9.68. The van der Waals surface area contributed by atoms with E-state index in [0.29, 0.717) is 17.9 Å². The van der Waals surface area contributed by atoms with Gasteiger partial charge >= 0.3 is 6.01 Å². The summed E-state index contributed by atoms with van der Waals surface area (Å²) in [6.45, 7) is 1.90. The van der Waals surface area contributed by atoms with Crippen LogP contribution in [0.15, 0.2) is 28.1 Å². The number of ether oxygens (including phenoxy) is 1. The van der Waals surface area contributed by atoms with Crippen LogP contribution in [-0.4, -0.2) is 52.3 Å². The predicted octanol–water partition coefficient (Wildman–Crippen LogP) is 2.01. The van der Waals surface area contributed by atoms with Crippen LogP contribution >= 0.6 is 11.3 Å². The molecule has 11 heteroatoms. The van der Waals surface area contributed by atoms with Crippen LogP contribution in [0.3, 0.4) is 0 Å². The molecule has 10 nitrogen and oxygen atoms in total. The molecule has 1 amide bonds. The molecule has 1 aliphatic rings. The fraction of sp³-hybridized carbons (Fsp3) is 0.353. The summed E-state index contributed by atoms with van der Waals surface area (Å²) in [5, 5.41) is 18.8. The van der Waals surface area contributed by atoms with Gasteiger partial charge in [0.05, 0.1) is 12.0 Å². The molecule has 0 spiro atoms. The lowest BCUT2D eigenvalue weighted by atomic mass is 10.1. The average Bonchev–Trinajstić information content (AvgIpc) is 3.40. The third kappa shape index (κ3) is 4.10. The van der Waals surface area contributed by atoms with E-state index in [9.17, 15) is 4.79 Å². The molecule has 0 unspecified atom stereocenters. The molecule has 0 aliphatic carbocycles.